The number of phosphoric acid groups is 1. The van der Waals surface area contributed by atoms with Crippen molar-refractivity contribution in [3.05, 3.63) is 29.3 Å². The molecule has 2 N–H and O–H groups in total. The third-order valence-corrected chi connectivity index (χ3v) is 6.18. The van der Waals surface area contributed by atoms with Crippen LogP contribution in [-0.4, -0.2) is 47.0 Å². The average Bonchev–Trinajstić information content (AvgIpc) is 2.66. The number of carbonyl (C=O) groups is 1. The molecule has 0 saturated heterocycles. The summed E-state index contributed by atoms with van der Waals surface area (Å²) in [6.45, 7) is 21.0. The van der Waals surface area contributed by atoms with Crippen LogP contribution in [0, 0.1) is 0 Å². The summed E-state index contributed by atoms with van der Waals surface area (Å²) in [5.74, 6) is 0.330. The molecule has 0 saturated carbocycles. The quantitative estimate of drug-likeness (QED) is 0.172. The highest BCUT2D eigenvalue weighted by atomic mass is 31.2. The molecule has 10 nitrogen and oxygen atoms in total. The molecule has 0 radical (unpaired) electrons. The Balaban J connectivity index is 3.06. The second-order valence-electron chi connectivity index (χ2n) is 13.0. The fourth-order valence-electron chi connectivity index (χ4n) is 3.15. The van der Waals surface area contributed by atoms with Crippen LogP contribution in [0.5, 0.6) is 5.75 Å². The Kier molecular flexibility index (Phi) is 11.9. The van der Waals surface area contributed by atoms with Gasteiger partial charge in [0.25, 0.3) is 0 Å². The molecular formula is C27H48NO9P. The number of phosphoric ester groups is 1. The predicted molar refractivity (Wildman–Crippen MR) is 146 cm³/mol. The summed E-state index contributed by atoms with van der Waals surface area (Å²) in [5.41, 5.74) is -1.31. The molecule has 11 heteroatoms. The molecule has 0 bridgehead atoms. The van der Waals surface area contributed by atoms with E-state index < -0.39 is 43.6 Å². The summed E-state index contributed by atoms with van der Waals surface area (Å²) in [4.78, 5) is 12.1. The highest BCUT2D eigenvalue weighted by Gasteiger charge is 2.37. The molecule has 1 rings (SSSR count). The zero-order valence-electron chi connectivity index (χ0n) is 25.1. The molecule has 0 amide bonds. The summed E-state index contributed by atoms with van der Waals surface area (Å²) in [6.07, 6.45) is -0.767. The normalized spacial score (nSPS) is 14.2. The molecule has 0 aliphatic heterocycles. The van der Waals surface area contributed by atoms with E-state index in [0.29, 0.717) is 11.3 Å². The monoisotopic (exact) mass is 561 g/mol. The number of hydrogen-bond donors (Lipinski definition) is 2. The van der Waals surface area contributed by atoms with Crippen molar-refractivity contribution in [2.24, 2.45) is 0 Å². The highest BCUT2D eigenvalue weighted by Crippen LogP contribution is 2.55. The minimum absolute atomic E-state index is 0.0117. The van der Waals surface area contributed by atoms with Crippen LogP contribution in [0.1, 0.15) is 100 Å². The van der Waals surface area contributed by atoms with Gasteiger partial charge in [-0.3, -0.25) is 9.05 Å². The standard InChI is InChI=1S/C27H48NO9P/c1-24(2,3)28-21(17-32-23(30)35-25(4,5)6)19-13-14-22(20(15-19)16-29)33-18-34-38(31,36-26(7,8)9)37-27(10,11)12/h13-15,21,28-29H,16-18H2,1-12H3. The van der Waals surface area contributed by atoms with Crippen LogP contribution in [0.25, 0.3) is 0 Å². The summed E-state index contributed by atoms with van der Waals surface area (Å²) in [5, 5.41) is 13.4. The second-order valence-corrected chi connectivity index (χ2v) is 14.5. The van der Waals surface area contributed by atoms with Crippen LogP contribution < -0.4 is 10.1 Å². The van der Waals surface area contributed by atoms with Crippen molar-refractivity contribution in [3.63, 3.8) is 0 Å². The van der Waals surface area contributed by atoms with Crippen LogP contribution >= 0.6 is 7.82 Å². The Bertz CT molecular complexity index is 933. The number of carbonyl (C=O) groups excluding carboxylic acids is 1. The smallest absolute Gasteiger partial charge is 0.467 e. The van der Waals surface area contributed by atoms with Crippen molar-refractivity contribution in [3.8, 4) is 5.75 Å². The van der Waals surface area contributed by atoms with Crippen molar-refractivity contribution in [1.82, 2.24) is 5.32 Å². The first-order valence-electron chi connectivity index (χ1n) is 12.7. The maximum atomic E-state index is 13.2. The van der Waals surface area contributed by atoms with Gasteiger partial charge in [-0.05, 0) is 101 Å². The molecule has 1 unspecified atom stereocenters. The van der Waals surface area contributed by atoms with Gasteiger partial charge in [-0.25, -0.2) is 13.9 Å². The molecule has 1 atom stereocenters. The second kappa shape index (κ2) is 13.1. The zero-order chi connectivity index (χ0) is 29.6. The number of benzene rings is 1. The van der Waals surface area contributed by atoms with Gasteiger partial charge in [0.2, 0.25) is 0 Å². The highest BCUT2D eigenvalue weighted by molar-refractivity contribution is 7.48. The molecule has 0 aromatic heterocycles. The molecule has 0 spiro atoms. The molecule has 220 valence electrons. The third kappa shape index (κ3) is 14.5. The largest absolute Gasteiger partial charge is 0.508 e. The molecule has 0 fully saturated rings. The van der Waals surface area contributed by atoms with E-state index in [1.54, 1.807) is 80.5 Å². The van der Waals surface area contributed by atoms with E-state index in [9.17, 15) is 14.5 Å². The zero-order valence-corrected chi connectivity index (χ0v) is 26.0. The summed E-state index contributed by atoms with van der Waals surface area (Å²) >= 11 is 0. The Morgan fingerprint density at radius 3 is 1.92 bits per heavy atom. The first-order valence-corrected chi connectivity index (χ1v) is 14.1. The van der Waals surface area contributed by atoms with E-state index in [2.05, 4.69) is 5.32 Å². The van der Waals surface area contributed by atoms with Crippen LogP contribution in [0.4, 0.5) is 4.79 Å². The lowest BCUT2D eigenvalue weighted by Gasteiger charge is -2.31. The van der Waals surface area contributed by atoms with Crippen molar-refractivity contribution in [2.75, 3.05) is 13.4 Å². The number of rotatable bonds is 11. The van der Waals surface area contributed by atoms with E-state index in [0.717, 1.165) is 5.56 Å². The van der Waals surface area contributed by atoms with Crippen molar-refractivity contribution in [2.45, 2.75) is 118 Å². The Morgan fingerprint density at radius 1 is 0.921 bits per heavy atom. The van der Waals surface area contributed by atoms with E-state index in [1.807, 2.05) is 20.8 Å². The van der Waals surface area contributed by atoms with Gasteiger partial charge in [0, 0.05) is 11.1 Å². The predicted octanol–water partition coefficient (Wildman–Crippen LogP) is 6.65. The van der Waals surface area contributed by atoms with Gasteiger partial charge < -0.3 is 24.6 Å². The van der Waals surface area contributed by atoms with Crippen LogP contribution in [0.3, 0.4) is 0 Å². The van der Waals surface area contributed by atoms with E-state index in [4.69, 9.17) is 27.8 Å². The Labute approximate surface area is 228 Å². The van der Waals surface area contributed by atoms with Gasteiger partial charge in [0.1, 0.15) is 18.0 Å². The lowest BCUT2D eigenvalue weighted by atomic mass is 10.00. The summed E-state index contributed by atoms with van der Waals surface area (Å²) in [7, 11) is -3.96. The minimum atomic E-state index is -3.96. The van der Waals surface area contributed by atoms with Crippen molar-refractivity contribution in [1.29, 1.82) is 0 Å². The Hall–Kier alpha value is -1.68. The number of aliphatic hydroxyl groups is 1. The summed E-state index contributed by atoms with van der Waals surface area (Å²) in [6, 6.07) is 4.80. The van der Waals surface area contributed by atoms with Gasteiger partial charge in [0.15, 0.2) is 6.79 Å². The maximum absolute atomic E-state index is 13.2. The third-order valence-electron chi connectivity index (χ3n) is 4.22. The fraction of sp³-hybridized carbons (Fsp3) is 0.741. The number of hydrogen-bond acceptors (Lipinski definition) is 10. The van der Waals surface area contributed by atoms with Gasteiger partial charge in [-0.1, -0.05) is 6.07 Å². The first-order chi connectivity index (χ1) is 17.0. The number of nitrogens with one attached hydrogen (secondary N) is 1. The minimum Gasteiger partial charge on any atom is -0.467 e. The van der Waals surface area contributed by atoms with Gasteiger partial charge >= 0.3 is 14.0 Å². The molecule has 1 aromatic carbocycles. The lowest BCUT2D eigenvalue weighted by molar-refractivity contribution is -0.0195. The van der Waals surface area contributed by atoms with Crippen LogP contribution in [0.15, 0.2) is 18.2 Å². The van der Waals surface area contributed by atoms with E-state index in [-0.39, 0.29) is 18.8 Å². The van der Waals surface area contributed by atoms with Crippen LogP contribution in [-0.2, 0) is 34.2 Å². The molecule has 0 heterocycles. The number of aliphatic hydroxyl groups excluding tert-OH is 1. The Morgan fingerprint density at radius 2 is 1.47 bits per heavy atom. The average molecular weight is 562 g/mol. The molecule has 0 aliphatic carbocycles. The molecule has 1 aromatic rings. The molecule has 0 aliphatic rings. The SMILES string of the molecule is CC(C)(C)NC(COC(=O)OC(C)(C)C)c1ccc(OCOP(=O)(OC(C)(C)C)OC(C)(C)C)c(CO)c1. The van der Waals surface area contributed by atoms with Gasteiger partial charge in [0.05, 0.1) is 23.9 Å². The maximum Gasteiger partial charge on any atom is 0.508 e. The topological polar surface area (TPSA) is 122 Å². The number of ether oxygens (including phenoxy) is 3. The van der Waals surface area contributed by atoms with E-state index >= 15 is 0 Å². The first kappa shape index (κ1) is 34.3. The molecule has 38 heavy (non-hydrogen) atoms. The lowest BCUT2D eigenvalue weighted by Crippen LogP contribution is -2.41. The van der Waals surface area contributed by atoms with E-state index in [1.165, 1.54) is 0 Å². The van der Waals surface area contributed by atoms with Gasteiger partial charge in [-0.15, -0.1) is 0 Å². The van der Waals surface area contributed by atoms with Crippen molar-refractivity contribution < 1.29 is 42.2 Å². The van der Waals surface area contributed by atoms with Gasteiger partial charge in [-0.2, -0.15) is 0 Å². The summed E-state index contributed by atoms with van der Waals surface area (Å²) < 4.78 is 46.2. The molecular weight excluding hydrogens is 513 g/mol. The van der Waals surface area contributed by atoms with Crippen molar-refractivity contribution >= 4 is 14.0 Å². The van der Waals surface area contributed by atoms with Crippen LogP contribution in [0.2, 0.25) is 0 Å². The fourth-order valence-corrected chi connectivity index (χ4v) is 4.82.